The number of carbonyl (C=O) groups is 3. The zero-order chi connectivity index (χ0) is 18.3. The van der Waals surface area contributed by atoms with Gasteiger partial charge in [0.25, 0.3) is 11.7 Å². The molecule has 1 aromatic carbocycles. The first kappa shape index (κ1) is 16.9. The molecule has 2 heterocycles. The van der Waals surface area contributed by atoms with Crippen LogP contribution >= 0.6 is 15.9 Å². The lowest BCUT2D eigenvalue weighted by molar-refractivity contribution is -0.121. The zero-order valence-corrected chi connectivity index (χ0v) is 14.9. The van der Waals surface area contributed by atoms with E-state index in [1.165, 1.54) is 17.8 Å². The van der Waals surface area contributed by atoms with Crippen LogP contribution < -0.4 is 10.2 Å². The van der Waals surface area contributed by atoms with Gasteiger partial charge in [-0.3, -0.25) is 24.0 Å². The highest BCUT2D eigenvalue weighted by Crippen LogP contribution is 2.33. The average molecular weight is 402 g/mol. The molecule has 0 aliphatic carbocycles. The summed E-state index contributed by atoms with van der Waals surface area (Å²) >= 11 is 3.26. The third-order valence-electron chi connectivity index (χ3n) is 3.94. The van der Waals surface area contributed by atoms with Gasteiger partial charge in [-0.1, -0.05) is 15.9 Å². The number of nitrogens with zero attached hydrogens (tertiary/aromatic N) is 4. The van der Waals surface area contributed by atoms with E-state index < -0.39 is 23.6 Å². The highest BCUT2D eigenvalue weighted by Gasteiger charge is 2.41. The van der Waals surface area contributed by atoms with Crippen molar-refractivity contribution >= 4 is 45.0 Å². The monoisotopic (exact) mass is 401 g/mol. The fourth-order valence-electron chi connectivity index (χ4n) is 2.62. The molecule has 2 amide bonds. The number of halogens is 1. The standard InChI is InChI=1S/C16H12BrN5O3/c1-8(15(24)20-14-9(6-18)7-19-21(14)2)22-12-4-3-10(17)5-11(12)13(23)16(22)25/h3-5,7-8H,1-2H3,(H,20,24). The smallest absolute Gasteiger partial charge is 0.300 e. The number of nitriles is 1. The maximum Gasteiger partial charge on any atom is 0.300 e. The molecule has 25 heavy (non-hydrogen) atoms. The predicted octanol–water partition coefficient (Wildman–Crippen LogP) is 1.61. The minimum Gasteiger partial charge on any atom is -0.308 e. The molecule has 0 saturated heterocycles. The molecule has 1 atom stereocenters. The number of hydrogen-bond acceptors (Lipinski definition) is 5. The highest BCUT2D eigenvalue weighted by atomic mass is 79.9. The van der Waals surface area contributed by atoms with Gasteiger partial charge in [0.15, 0.2) is 0 Å². The number of anilines is 2. The molecular weight excluding hydrogens is 390 g/mol. The number of ketones is 1. The summed E-state index contributed by atoms with van der Waals surface area (Å²) in [5, 5.41) is 15.6. The van der Waals surface area contributed by atoms with Gasteiger partial charge in [-0.05, 0) is 25.1 Å². The molecule has 0 spiro atoms. The van der Waals surface area contributed by atoms with Gasteiger partial charge < -0.3 is 5.32 Å². The molecule has 0 saturated carbocycles. The largest absolute Gasteiger partial charge is 0.308 e. The lowest BCUT2D eigenvalue weighted by Gasteiger charge is -2.23. The van der Waals surface area contributed by atoms with Crippen molar-refractivity contribution in [2.75, 3.05) is 10.2 Å². The maximum absolute atomic E-state index is 12.6. The van der Waals surface area contributed by atoms with Gasteiger partial charge >= 0.3 is 0 Å². The van der Waals surface area contributed by atoms with Crippen molar-refractivity contribution in [3.05, 3.63) is 40.0 Å². The Morgan fingerprint density at radius 3 is 2.80 bits per heavy atom. The van der Waals surface area contributed by atoms with Gasteiger partial charge in [0.2, 0.25) is 5.91 Å². The fourth-order valence-corrected chi connectivity index (χ4v) is 2.99. The molecule has 1 unspecified atom stereocenters. The summed E-state index contributed by atoms with van der Waals surface area (Å²) in [6, 6.07) is 5.84. The first-order chi connectivity index (χ1) is 11.8. The second-order valence-electron chi connectivity index (χ2n) is 5.47. The number of nitrogens with one attached hydrogen (secondary N) is 1. The van der Waals surface area contributed by atoms with E-state index in [9.17, 15) is 14.4 Å². The van der Waals surface area contributed by atoms with E-state index in [0.717, 1.165) is 4.90 Å². The number of fused-ring (bicyclic) bond motifs is 1. The summed E-state index contributed by atoms with van der Waals surface area (Å²) in [4.78, 5) is 38.2. The van der Waals surface area contributed by atoms with E-state index in [2.05, 4.69) is 26.3 Å². The van der Waals surface area contributed by atoms with E-state index in [0.29, 0.717) is 10.2 Å². The van der Waals surface area contributed by atoms with E-state index in [1.807, 2.05) is 6.07 Å². The molecular formula is C16H12BrN5O3. The summed E-state index contributed by atoms with van der Waals surface area (Å²) in [6.07, 6.45) is 1.33. The molecule has 8 nitrogen and oxygen atoms in total. The Kier molecular flexibility index (Phi) is 4.14. The number of benzene rings is 1. The molecule has 0 bridgehead atoms. The van der Waals surface area contributed by atoms with Crippen LogP contribution in [0, 0.1) is 11.3 Å². The topological polar surface area (TPSA) is 108 Å². The second kappa shape index (κ2) is 6.14. The van der Waals surface area contributed by atoms with Crippen molar-refractivity contribution in [3.8, 4) is 6.07 Å². The molecule has 3 rings (SSSR count). The van der Waals surface area contributed by atoms with Crippen LogP contribution in [0.4, 0.5) is 11.5 Å². The Labute approximate surface area is 151 Å². The van der Waals surface area contributed by atoms with Crippen molar-refractivity contribution < 1.29 is 14.4 Å². The molecule has 1 aromatic heterocycles. The third kappa shape index (κ3) is 2.70. The zero-order valence-electron chi connectivity index (χ0n) is 13.3. The number of aryl methyl sites for hydroxylation is 1. The van der Waals surface area contributed by atoms with E-state index in [-0.39, 0.29) is 16.9 Å². The van der Waals surface area contributed by atoms with Crippen molar-refractivity contribution in [2.24, 2.45) is 7.05 Å². The number of hydrogen-bond donors (Lipinski definition) is 1. The second-order valence-corrected chi connectivity index (χ2v) is 6.39. The number of amides is 2. The number of aromatic nitrogens is 2. The minimum absolute atomic E-state index is 0.205. The Hall–Kier alpha value is -2.99. The lowest BCUT2D eigenvalue weighted by atomic mass is 10.1. The summed E-state index contributed by atoms with van der Waals surface area (Å²) < 4.78 is 2.02. The molecule has 9 heteroatoms. The SMILES string of the molecule is CC(C(=O)Nc1c(C#N)cnn1C)N1C(=O)C(=O)c2cc(Br)ccc21. The van der Waals surface area contributed by atoms with Crippen LogP contribution in [0.5, 0.6) is 0 Å². The van der Waals surface area contributed by atoms with Crippen LogP contribution in [0.3, 0.4) is 0 Å². The molecule has 1 N–H and O–H groups in total. The quantitative estimate of drug-likeness (QED) is 0.785. The van der Waals surface area contributed by atoms with Crippen LogP contribution in [0.2, 0.25) is 0 Å². The first-order valence-corrected chi connectivity index (χ1v) is 8.05. The number of Topliss-reactive ketones (excluding diaryl/α,β-unsaturated/α-hetero) is 1. The normalized spacial score (nSPS) is 14.2. The molecule has 0 fully saturated rings. The van der Waals surface area contributed by atoms with Gasteiger partial charge in [-0.25, -0.2) is 0 Å². The van der Waals surface area contributed by atoms with Crippen LogP contribution in [-0.4, -0.2) is 33.4 Å². The maximum atomic E-state index is 12.6. The minimum atomic E-state index is -0.944. The Morgan fingerprint density at radius 1 is 1.40 bits per heavy atom. The third-order valence-corrected chi connectivity index (χ3v) is 4.44. The molecule has 2 aromatic rings. The van der Waals surface area contributed by atoms with Gasteiger partial charge in [-0.2, -0.15) is 10.4 Å². The summed E-state index contributed by atoms with van der Waals surface area (Å²) in [5.41, 5.74) is 0.833. The van der Waals surface area contributed by atoms with Crippen LogP contribution in [-0.2, 0) is 16.6 Å². The van der Waals surface area contributed by atoms with Crippen molar-refractivity contribution in [1.29, 1.82) is 5.26 Å². The van der Waals surface area contributed by atoms with Gasteiger partial charge in [-0.15, -0.1) is 0 Å². The van der Waals surface area contributed by atoms with E-state index in [4.69, 9.17) is 5.26 Å². The summed E-state index contributed by atoms with van der Waals surface area (Å²) in [6.45, 7) is 1.51. The number of carbonyl (C=O) groups excluding carboxylic acids is 3. The molecule has 126 valence electrons. The van der Waals surface area contributed by atoms with Crippen molar-refractivity contribution in [3.63, 3.8) is 0 Å². The highest BCUT2D eigenvalue weighted by molar-refractivity contribution is 9.10. The van der Waals surface area contributed by atoms with Crippen LogP contribution in [0.1, 0.15) is 22.8 Å². The van der Waals surface area contributed by atoms with E-state index in [1.54, 1.807) is 25.2 Å². The molecule has 0 radical (unpaired) electrons. The summed E-state index contributed by atoms with van der Waals surface area (Å²) in [5.74, 6) is -1.72. The Balaban J connectivity index is 1.91. The van der Waals surface area contributed by atoms with Gasteiger partial charge in [0, 0.05) is 11.5 Å². The van der Waals surface area contributed by atoms with Crippen LogP contribution in [0.15, 0.2) is 28.9 Å². The summed E-state index contributed by atoms with van der Waals surface area (Å²) in [7, 11) is 1.58. The van der Waals surface area contributed by atoms with Crippen molar-refractivity contribution in [1.82, 2.24) is 9.78 Å². The first-order valence-electron chi connectivity index (χ1n) is 7.25. The fraction of sp³-hybridized carbons (Fsp3) is 0.188. The van der Waals surface area contributed by atoms with Gasteiger partial charge in [0.1, 0.15) is 23.5 Å². The Bertz CT molecular complexity index is 959. The van der Waals surface area contributed by atoms with E-state index >= 15 is 0 Å². The molecule has 1 aliphatic heterocycles. The van der Waals surface area contributed by atoms with Gasteiger partial charge in [0.05, 0.1) is 17.4 Å². The van der Waals surface area contributed by atoms with Crippen molar-refractivity contribution in [2.45, 2.75) is 13.0 Å². The lowest BCUT2D eigenvalue weighted by Crippen LogP contribution is -2.45. The Morgan fingerprint density at radius 2 is 2.12 bits per heavy atom. The predicted molar refractivity (Wildman–Crippen MR) is 92.0 cm³/mol. The average Bonchev–Trinajstić information content (AvgIpc) is 3.06. The number of rotatable bonds is 3. The molecule has 1 aliphatic rings. The van der Waals surface area contributed by atoms with Crippen LogP contribution in [0.25, 0.3) is 0 Å².